The lowest BCUT2D eigenvalue weighted by molar-refractivity contribution is 0.0634. The van der Waals surface area contributed by atoms with E-state index in [0.29, 0.717) is 39.7 Å². The van der Waals surface area contributed by atoms with Crippen molar-refractivity contribution in [3.05, 3.63) is 93.5 Å². The number of carbonyl (C=O) groups excluding carboxylic acids is 2. The topological polar surface area (TPSA) is 87.5 Å². The van der Waals surface area contributed by atoms with Gasteiger partial charge in [0, 0.05) is 47.0 Å². The van der Waals surface area contributed by atoms with E-state index in [1.54, 1.807) is 24.3 Å². The molecule has 1 saturated heterocycles. The van der Waals surface area contributed by atoms with Crippen LogP contribution in [0.3, 0.4) is 0 Å². The molecule has 0 radical (unpaired) electrons. The second-order valence-electron chi connectivity index (χ2n) is 8.90. The van der Waals surface area contributed by atoms with E-state index < -0.39 is 11.2 Å². The molecule has 1 unspecified atom stereocenters. The minimum atomic E-state index is -1.69. The molecule has 37 heavy (non-hydrogen) atoms. The molecule has 1 aliphatic heterocycles. The normalized spacial score (nSPS) is 18.3. The first kappa shape index (κ1) is 27.0. The number of nitriles is 1. The second kappa shape index (κ2) is 11.6. The maximum Gasteiger partial charge on any atom is 0.254 e. The fourth-order valence-corrected chi connectivity index (χ4v) is 6.12. The molecular weight excluding hydrogens is 529 g/mol. The number of nitrogens with zero attached hydrogens (tertiary/aromatic N) is 3. The second-order valence-corrected chi connectivity index (χ2v) is 11.2. The molecule has 1 aliphatic rings. The van der Waals surface area contributed by atoms with Crippen molar-refractivity contribution >= 4 is 51.8 Å². The van der Waals surface area contributed by atoms with E-state index in [4.69, 9.17) is 28.5 Å². The number of halogens is 2. The van der Waals surface area contributed by atoms with Gasteiger partial charge in [-0.2, -0.15) is 5.26 Å². The molecule has 1 amide bonds. The molecule has 0 spiro atoms. The number of anilines is 1. The summed E-state index contributed by atoms with van der Waals surface area (Å²) in [5.41, 5.74) is 2.23. The van der Waals surface area contributed by atoms with Gasteiger partial charge >= 0.3 is 0 Å². The lowest BCUT2D eigenvalue weighted by Crippen LogP contribution is -2.59. The predicted molar refractivity (Wildman–Crippen MR) is 147 cm³/mol. The van der Waals surface area contributed by atoms with Crippen LogP contribution in [0.1, 0.15) is 40.1 Å². The van der Waals surface area contributed by atoms with E-state index in [9.17, 15) is 14.1 Å². The SMILES string of the molecule is C[C@H]1[C@H](C)N(c2cccc(Cl)c2)CCN1C(=O)c1ccc([S+]([O-])CC(=O)c2ccc(C#N)cc2)c(Cl)c1. The Balaban J connectivity index is 1.44. The molecule has 0 N–H and O–H groups in total. The number of rotatable bonds is 6. The Morgan fingerprint density at radius 1 is 1.00 bits per heavy atom. The van der Waals surface area contributed by atoms with Gasteiger partial charge < -0.3 is 14.4 Å². The van der Waals surface area contributed by atoms with Crippen molar-refractivity contribution in [3.8, 4) is 6.07 Å². The monoisotopic (exact) mass is 553 g/mol. The molecule has 1 heterocycles. The molecule has 0 bridgehead atoms. The Morgan fingerprint density at radius 2 is 1.70 bits per heavy atom. The summed E-state index contributed by atoms with van der Waals surface area (Å²) in [5, 5.41) is 9.74. The highest BCUT2D eigenvalue weighted by Gasteiger charge is 2.34. The highest BCUT2D eigenvalue weighted by molar-refractivity contribution is 7.92. The van der Waals surface area contributed by atoms with Crippen LogP contribution in [0, 0.1) is 11.3 Å². The summed E-state index contributed by atoms with van der Waals surface area (Å²) in [4.78, 5) is 30.3. The van der Waals surface area contributed by atoms with E-state index in [-0.39, 0.29) is 34.5 Å². The van der Waals surface area contributed by atoms with Crippen LogP contribution >= 0.6 is 23.2 Å². The average molecular weight is 554 g/mol. The zero-order chi connectivity index (χ0) is 26.7. The minimum absolute atomic E-state index is 0.0617. The lowest BCUT2D eigenvalue weighted by Gasteiger charge is -2.46. The van der Waals surface area contributed by atoms with Crippen molar-refractivity contribution in [2.24, 2.45) is 0 Å². The van der Waals surface area contributed by atoms with Crippen LogP contribution in [-0.2, 0) is 11.2 Å². The number of carbonyl (C=O) groups is 2. The first-order chi connectivity index (χ1) is 17.7. The third-order valence-electron chi connectivity index (χ3n) is 6.69. The Kier molecular flexibility index (Phi) is 8.46. The maximum atomic E-state index is 13.4. The van der Waals surface area contributed by atoms with Crippen molar-refractivity contribution < 1.29 is 14.1 Å². The molecule has 0 aliphatic carbocycles. The molecule has 0 saturated carbocycles. The Labute approximate surface area is 229 Å². The van der Waals surface area contributed by atoms with E-state index in [2.05, 4.69) is 11.8 Å². The zero-order valence-corrected chi connectivity index (χ0v) is 22.7. The van der Waals surface area contributed by atoms with Gasteiger partial charge in [0.2, 0.25) is 5.78 Å². The van der Waals surface area contributed by atoms with Gasteiger partial charge in [-0.25, -0.2) is 0 Å². The first-order valence-electron chi connectivity index (χ1n) is 11.7. The smallest absolute Gasteiger partial charge is 0.254 e. The third kappa shape index (κ3) is 5.94. The molecule has 3 aromatic rings. The van der Waals surface area contributed by atoms with Gasteiger partial charge in [0.15, 0.2) is 10.6 Å². The van der Waals surface area contributed by atoms with Gasteiger partial charge in [0.1, 0.15) is 0 Å². The molecule has 3 aromatic carbocycles. The summed E-state index contributed by atoms with van der Waals surface area (Å²) in [7, 11) is 0. The minimum Gasteiger partial charge on any atom is -0.611 e. The number of hydrogen-bond acceptors (Lipinski definition) is 5. The summed E-state index contributed by atoms with van der Waals surface area (Å²) >= 11 is 10.9. The van der Waals surface area contributed by atoms with Crippen molar-refractivity contribution in [3.63, 3.8) is 0 Å². The summed E-state index contributed by atoms with van der Waals surface area (Å²) in [6, 6.07) is 20.5. The average Bonchev–Trinajstić information content (AvgIpc) is 2.89. The molecule has 4 rings (SSSR count). The number of benzene rings is 3. The molecular formula is C28H25Cl2N3O3S. The number of hydrogen-bond donors (Lipinski definition) is 0. The van der Waals surface area contributed by atoms with Crippen LogP contribution in [-0.4, -0.2) is 52.1 Å². The highest BCUT2D eigenvalue weighted by Crippen LogP contribution is 2.29. The van der Waals surface area contributed by atoms with Crippen LogP contribution in [0.25, 0.3) is 0 Å². The predicted octanol–water partition coefficient (Wildman–Crippen LogP) is 5.59. The third-order valence-corrected chi connectivity index (χ3v) is 8.72. The van der Waals surface area contributed by atoms with Crippen molar-refractivity contribution in [1.82, 2.24) is 4.90 Å². The zero-order valence-electron chi connectivity index (χ0n) is 20.4. The maximum absolute atomic E-state index is 13.4. The number of amides is 1. The number of Topliss-reactive ketones (excluding diaryl/α,β-unsaturated/α-hetero) is 1. The van der Waals surface area contributed by atoms with E-state index in [0.717, 1.165) is 5.69 Å². The van der Waals surface area contributed by atoms with Crippen molar-refractivity contribution in [1.29, 1.82) is 5.26 Å². The van der Waals surface area contributed by atoms with Crippen LogP contribution in [0.2, 0.25) is 10.0 Å². The molecule has 190 valence electrons. The summed E-state index contributed by atoms with van der Waals surface area (Å²) in [5.74, 6) is -0.726. The largest absolute Gasteiger partial charge is 0.611 e. The number of piperazine rings is 1. The lowest BCUT2D eigenvalue weighted by atomic mass is 10.0. The van der Waals surface area contributed by atoms with Gasteiger partial charge in [-0.05, 0) is 85.7 Å². The van der Waals surface area contributed by atoms with E-state index in [1.165, 1.54) is 18.2 Å². The first-order valence-corrected chi connectivity index (χ1v) is 13.8. The highest BCUT2D eigenvalue weighted by atomic mass is 35.5. The Morgan fingerprint density at radius 3 is 2.35 bits per heavy atom. The summed E-state index contributed by atoms with van der Waals surface area (Å²) in [6.45, 7) is 5.28. The fourth-order valence-electron chi connectivity index (χ4n) is 4.44. The van der Waals surface area contributed by atoms with Gasteiger partial charge in [0.25, 0.3) is 5.91 Å². The van der Waals surface area contributed by atoms with Gasteiger partial charge in [-0.15, -0.1) is 0 Å². The summed E-state index contributed by atoms with van der Waals surface area (Å²) in [6.07, 6.45) is 0. The van der Waals surface area contributed by atoms with Crippen molar-refractivity contribution in [2.75, 3.05) is 23.7 Å². The van der Waals surface area contributed by atoms with Gasteiger partial charge in [0.05, 0.1) is 16.7 Å². The van der Waals surface area contributed by atoms with Crippen LogP contribution in [0.4, 0.5) is 5.69 Å². The molecule has 9 heteroatoms. The van der Waals surface area contributed by atoms with E-state index in [1.807, 2.05) is 42.2 Å². The quantitative estimate of drug-likeness (QED) is 0.293. The summed E-state index contributed by atoms with van der Waals surface area (Å²) < 4.78 is 12.9. The molecule has 3 atom stereocenters. The van der Waals surface area contributed by atoms with Crippen molar-refractivity contribution in [2.45, 2.75) is 30.8 Å². The Hall–Kier alpha value is -3.02. The molecule has 1 fully saturated rings. The molecule has 0 aromatic heterocycles. The van der Waals surface area contributed by atoms with Crippen LogP contribution < -0.4 is 4.90 Å². The molecule has 6 nitrogen and oxygen atoms in total. The Bertz CT molecular complexity index is 1360. The fraction of sp³-hybridized carbons (Fsp3) is 0.250. The van der Waals surface area contributed by atoms with Crippen LogP contribution in [0.15, 0.2) is 71.6 Å². The van der Waals surface area contributed by atoms with Gasteiger partial charge in [-0.1, -0.05) is 29.3 Å². The standard InChI is InChI=1S/C28H25Cl2N3O3S/c1-18-19(2)33(13-12-32(18)24-5-3-4-23(29)15-24)28(35)22-10-11-27(25(30)14-22)37(36)17-26(34)21-8-6-20(16-31)7-9-21/h3-11,14-15,18-19H,12-13,17H2,1-2H3/t18-,19-,37?/m0/s1. The van der Waals surface area contributed by atoms with Crippen LogP contribution in [0.5, 0.6) is 0 Å². The van der Waals surface area contributed by atoms with Gasteiger partial charge in [-0.3, -0.25) is 9.59 Å². The number of ketones is 1. The van der Waals surface area contributed by atoms with E-state index >= 15 is 0 Å².